The molecular formula is C11H12FN3OS. The Hall–Kier alpha value is -1.40. The van der Waals surface area contributed by atoms with E-state index in [4.69, 9.17) is 10.3 Å². The maximum absolute atomic E-state index is 12.9. The zero-order valence-electron chi connectivity index (χ0n) is 9.10. The van der Waals surface area contributed by atoms with E-state index in [1.165, 1.54) is 23.9 Å². The zero-order valence-corrected chi connectivity index (χ0v) is 9.91. The van der Waals surface area contributed by atoms with E-state index < -0.39 is 0 Å². The number of aromatic nitrogens is 2. The maximum atomic E-state index is 12.9. The summed E-state index contributed by atoms with van der Waals surface area (Å²) in [5.41, 5.74) is 5.38. The molecule has 0 aliphatic heterocycles. The van der Waals surface area contributed by atoms with Gasteiger partial charge in [0.05, 0.1) is 5.75 Å². The summed E-state index contributed by atoms with van der Waals surface area (Å²) in [6.07, 6.45) is 0.581. The molecular weight excluding hydrogens is 241 g/mol. The van der Waals surface area contributed by atoms with Crippen LogP contribution >= 0.6 is 11.8 Å². The summed E-state index contributed by atoms with van der Waals surface area (Å²) in [6, 6.07) is 6.41. The summed E-state index contributed by atoms with van der Waals surface area (Å²) < 4.78 is 17.9. The maximum Gasteiger partial charge on any atom is 0.227 e. The lowest BCUT2D eigenvalue weighted by molar-refractivity contribution is 0.376. The van der Waals surface area contributed by atoms with Crippen LogP contribution in [0.4, 0.5) is 4.39 Å². The number of halogens is 1. The molecule has 0 bridgehead atoms. The van der Waals surface area contributed by atoms with Gasteiger partial charge in [-0.15, -0.1) is 11.8 Å². The number of nitrogens with two attached hydrogens (primary N) is 1. The van der Waals surface area contributed by atoms with Crippen LogP contribution in [-0.4, -0.2) is 16.7 Å². The lowest BCUT2D eigenvalue weighted by atomic mass is 10.4. The van der Waals surface area contributed by atoms with Crippen molar-refractivity contribution in [1.82, 2.24) is 10.1 Å². The van der Waals surface area contributed by atoms with Gasteiger partial charge in [0.1, 0.15) is 5.82 Å². The highest BCUT2D eigenvalue weighted by Gasteiger charge is 2.06. The third-order valence-electron chi connectivity index (χ3n) is 2.03. The highest BCUT2D eigenvalue weighted by atomic mass is 32.2. The number of rotatable bonds is 5. The molecule has 0 fully saturated rings. The van der Waals surface area contributed by atoms with Crippen LogP contribution in [0.1, 0.15) is 11.7 Å². The van der Waals surface area contributed by atoms with E-state index in [-0.39, 0.29) is 5.82 Å². The Bertz CT molecular complexity index is 489. The lowest BCUT2D eigenvalue weighted by Crippen LogP contribution is -2.02. The summed E-state index contributed by atoms with van der Waals surface area (Å²) in [4.78, 5) is 5.01. The monoisotopic (exact) mass is 253 g/mol. The van der Waals surface area contributed by atoms with Gasteiger partial charge in [-0.2, -0.15) is 4.98 Å². The van der Waals surface area contributed by atoms with E-state index in [1.807, 2.05) is 6.07 Å². The van der Waals surface area contributed by atoms with Crippen LogP contribution in [-0.2, 0) is 12.2 Å². The number of thioether (sulfide) groups is 1. The molecule has 0 unspecified atom stereocenters. The molecule has 1 heterocycles. The smallest absolute Gasteiger partial charge is 0.227 e. The summed E-state index contributed by atoms with van der Waals surface area (Å²) in [7, 11) is 0. The molecule has 0 atom stereocenters. The molecule has 0 radical (unpaired) electrons. The van der Waals surface area contributed by atoms with Gasteiger partial charge >= 0.3 is 0 Å². The standard InChI is InChI=1S/C11H12FN3OS/c12-8-2-1-3-9(6-8)17-7-10-14-11(4-5-13)16-15-10/h1-3,6H,4-5,7,13H2. The van der Waals surface area contributed by atoms with Gasteiger partial charge in [-0.25, -0.2) is 4.39 Å². The minimum atomic E-state index is -0.244. The fourth-order valence-electron chi connectivity index (χ4n) is 1.28. The van der Waals surface area contributed by atoms with Gasteiger partial charge in [0, 0.05) is 17.9 Å². The number of hydrogen-bond donors (Lipinski definition) is 1. The molecule has 4 nitrogen and oxygen atoms in total. The summed E-state index contributed by atoms with van der Waals surface area (Å²) >= 11 is 1.46. The average molecular weight is 253 g/mol. The van der Waals surface area contributed by atoms with E-state index >= 15 is 0 Å². The van der Waals surface area contributed by atoms with Crippen molar-refractivity contribution in [2.45, 2.75) is 17.1 Å². The number of nitrogens with zero attached hydrogens (tertiary/aromatic N) is 2. The van der Waals surface area contributed by atoms with Crippen LogP contribution in [0.2, 0.25) is 0 Å². The molecule has 0 saturated carbocycles. The van der Waals surface area contributed by atoms with Crippen molar-refractivity contribution in [3.8, 4) is 0 Å². The fraction of sp³-hybridized carbons (Fsp3) is 0.273. The Balaban J connectivity index is 1.93. The molecule has 0 spiro atoms. The molecule has 2 aromatic rings. The van der Waals surface area contributed by atoms with Gasteiger partial charge in [0.2, 0.25) is 5.89 Å². The molecule has 1 aromatic carbocycles. The van der Waals surface area contributed by atoms with E-state index in [0.717, 1.165) is 4.90 Å². The molecule has 90 valence electrons. The number of hydrogen-bond acceptors (Lipinski definition) is 5. The normalized spacial score (nSPS) is 10.7. The fourth-order valence-corrected chi connectivity index (χ4v) is 2.06. The topological polar surface area (TPSA) is 64.9 Å². The first-order chi connectivity index (χ1) is 8.28. The molecule has 0 amide bonds. The second-order valence-electron chi connectivity index (χ2n) is 3.39. The van der Waals surface area contributed by atoms with Gasteiger partial charge in [-0.05, 0) is 18.2 Å². The van der Waals surface area contributed by atoms with Crippen LogP contribution in [0, 0.1) is 5.82 Å². The van der Waals surface area contributed by atoms with Gasteiger partial charge in [-0.1, -0.05) is 11.2 Å². The van der Waals surface area contributed by atoms with Crippen LogP contribution in [0.25, 0.3) is 0 Å². The van der Waals surface area contributed by atoms with Crippen molar-refractivity contribution in [2.24, 2.45) is 5.73 Å². The Morgan fingerprint density at radius 2 is 2.29 bits per heavy atom. The predicted octanol–water partition coefficient (Wildman–Crippen LogP) is 2.00. The van der Waals surface area contributed by atoms with E-state index in [1.54, 1.807) is 6.07 Å². The van der Waals surface area contributed by atoms with Crippen molar-refractivity contribution in [3.63, 3.8) is 0 Å². The SMILES string of the molecule is NCCc1nc(CSc2cccc(F)c2)no1. The van der Waals surface area contributed by atoms with Crippen molar-refractivity contribution in [2.75, 3.05) is 6.54 Å². The van der Waals surface area contributed by atoms with Gasteiger partial charge < -0.3 is 10.3 Å². The van der Waals surface area contributed by atoms with Crippen LogP contribution < -0.4 is 5.73 Å². The second kappa shape index (κ2) is 5.79. The highest BCUT2D eigenvalue weighted by Crippen LogP contribution is 2.21. The Labute approximate surface area is 102 Å². The molecule has 17 heavy (non-hydrogen) atoms. The van der Waals surface area contributed by atoms with E-state index in [0.29, 0.717) is 30.4 Å². The zero-order chi connectivity index (χ0) is 12.1. The summed E-state index contributed by atoms with van der Waals surface area (Å²) in [6.45, 7) is 0.485. The minimum absolute atomic E-state index is 0.244. The Kier molecular flexibility index (Phi) is 4.11. The molecule has 0 saturated heterocycles. The molecule has 2 N–H and O–H groups in total. The summed E-state index contributed by atoms with van der Waals surface area (Å²) in [5.74, 6) is 1.45. The quantitative estimate of drug-likeness (QED) is 0.826. The van der Waals surface area contributed by atoms with Crippen molar-refractivity contribution < 1.29 is 8.91 Å². The molecule has 2 rings (SSSR count). The van der Waals surface area contributed by atoms with Gasteiger partial charge in [-0.3, -0.25) is 0 Å². The molecule has 1 aromatic heterocycles. The lowest BCUT2D eigenvalue weighted by Gasteiger charge is -1.97. The van der Waals surface area contributed by atoms with Crippen molar-refractivity contribution in [3.05, 3.63) is 41.8 Å². The van der Waals surface area contributed by atoms with Crippen molar-refractivity contribution >= 4 is 11.8 Å². The second-order valence-corrected chi connectivity index (χ2v) is 4.44. The third kappa shape index (κ3) is 3.54. The first kappa shape index (κ1) is 12.1. The van der Waals surface area contributed by atoms with Gasteiger partial charge in [0.15, 0.2) is 5.82 Å². The van der Waals surface area contributed by atoms with E-state index in [2.05, 4.69) is 10.1 Å². The Morgan fingerprint density at radius 1 is 1.41 bits per heavy atom. The Morgan fingerprint density at radius 3 is 3.06 bits per heavy atom. The third-order valence-corrected chi connectivity index (χ3v) is 3.02. The van der Waals surface area contributed by atoms with Crippen LogP contribution in [0.5, 0.6) is 0 Å². The summed E-state index contributed by atoms with van der Waals surface area (Å²) in [5, 5.41) is 3.82. The molecule has 6 heteroatoms. The van der Waals surface area contributed by atoms with Gasteiger partial charge in [0.25, 0.3) is 0 Å². The van der Waals surface area contributed by atoms with Crippen molar-refractivity contribution in [1.29, 1.82) is 0 Å². The number of benzene rings is 1. The predicted molar refractivity (Wildman–Crippen MR) is 63.0 cm³/mol. The van der Waals surface area contributed by atoms with Crippen LogP contribution in [0.3, 0.4) is 0 Å². The average Bonchev–Trinajstić information content (AvgIpc) is 2.75. The van der Waals surface area contributed by atoms with Crippen LogP contribution in [0.15, 0.2) is 33.7 Å². The largest absolute Gasteiger partial charge is 0.339 e. The minimum Gasteiger partial charge on any atom is -0.339 e. The first-order valence-electron chi connectivity index (χ1n) is 5.18. The first-order valence-corrected chi connectivity index (χ1v) is 6.16. The molecule has 0 aliphatic rings. The van der Waals surface area contributed by atoms with E-state index in [9.17, 15) is 4.39 Å². The highest BCUT2D eigenvalue weighted by molar-refractivity contribution is 7.98. The molecule has 0 aliphatic carbocycles.